The number of benzene rings is 1. The van der Waals surface area contributed by atoms with Gasteiger partial charge in [-0.15, -0.1) is 0 Å². The van der Waals surface area contributed by atoms with Crippen LogP contribution in [0.15, 0.2) is 18.2 Å². The van der Waals surface area contributed by atoms with Gasteiger partial charge in [-0.2, -0.15) is 0 Å². The Morgan fingerprint density at radius 3 is 2.52 bits per heavy atom. The van der Waals surface area contributed by atoms with Gasteiger partial charge in [-0.3, -0.25) is 0 Å². The van der Waals surface area contributed by atoms with Crippen LogP contribution in [0.3, 0.4) is 0 Å². The first-order chi connectivity index (χ1) is 9.75. The summed E-state index contributed by atoms with van der Waals surface area (Å²) < 4.78 is 24.5. The van der Waals surface area contributed by atoms with Gasteiger partial charge in [-0.25, -0.2) is 22.7 Å². The molecule has 9 heteroatoms. The molecule has 0 atom stereocenters. The Labute approximate surface area is 122 Å². The van der Waals surface area contributed by atoms with E-state index in [0.717, 1.165) is 0 Å². The van der Waals surface area contributed by atoms with E-state index in [1.165, 1.54) is 19.2 Å². The van der Waals surface area contributed by atoms with Crippen LogP contribution in [0.1, 0.15) is 15.9 Å². The maximum atomic E-state index is 11.6. The summed E-state index contributed by atoms with van der Waals surface area (Å²) in [4.78, 5) is 22.5. The predicted molar refractivity (Wildman–Crippen MR) is 78.0 cm³/mol. The number of nitrogens with one attached hydrogen (secondary N) is 3. The molecule has 21 heavy (non-hydrogen) atoms. The van der Waals surface area contributed by atoms with Gasteiger partial charge in [0.25, 0.3) is 0 Å². The second kappa shape index (κ2) is 7.04. The zero-order valence-electron chi connectivity index (χ0n) is 11.6. The minimum Gasteiger partial charge on any atom is -0.478 e. The van der Waals surface area contributed by atoms with Gasteiger partial charge < -0.3 is 15.7 Å². The lowest BCUT2D eigenvalue weighted by molar-refractivity contribution is 0.0697. The van der Waals surface area contributed by atoms with Crippen LogP contribution in [0.5, 0.6) is 0 Å². The average Bonchev–Trinajstić information content (AvgIpc) is 2.40. The van der Waals surface area contributed by atoms with Gasteiger partial charge in [0.15, 0.2) is 0 Å². The Morgan fingerprint density at radius 1 is 1.29 bits per heavy atom. The molecule has 0 fully saturated rings. The first kappa shape index (κ1) is 16.9. The van der Waals surface area contributed by atoms with Crippen LogP contribution in [0.4, 0.5) is 10.5 Å². The van der Waals surface area contributed by atoms with Gasteiger partial charge in [-0.05, 0) is 31.7 Å². The van der Waals surface area contributed by atoms with Gasteiger partial charge in [0.2, 0.25) is 10.0 Å². The van der Waals surface area contributed by atoms with E-state index in [0.29, 0.717) is 11.3 Å². The predicted octanol–water partition coefficient (Wildman–Crippen LogP) is 0.364. The number of carbonyl (C=O) groups excluding carboxylic acids is 1. The van der Waals surface area contributed by atoms with Crippen LogP contribution in [0.25, 0.3) is 0 Å². The standard InChI is InChI=1S/C12H17N3O5S/c1-8-3-4-9(11(16)17)7-10(8)15-12(18)14-5-6-21(19,20)13-2/h3-4,7,13H,5-6H2,1-2H3,(H,16,17)(H2,14,15,18). The van der Waals surface area contributed by atoms with Crippen molar-refractivity contribution in [2.24, 2.45) is 0 Å². The monoisotopic (exact) mass is 315 g/mol. The molecule has 0 aliphatic rings. The van der Waals surface area contributed by atoms with Crippen LogP contribution in [0, 0.1) is 6.92 Å². The second-order valence-electron chi connectivity index (χ2n) is 4.24. The molecule has 0 saturated carbocycles. The Balaban J connectivity index is 2.63. The minimum absolute atomic E-state index is 0.0497. The van der Waals surface area contributed by atoms with Crippen molar-refractivity contribution in [3.05, 3.63) is 29.3 Å². The van der Waals surface area contributed by atoms with Crippen LogP contribution in [0.2, 0.25) is 0 Å². The van der Waals surface area contributed by atoms with Gasteiger partial charge in [-0.1, -0.05) is 6.07 Å². The number of rotatable bonds is 6. The van der Waals surface area contributed by atoms with Crippen molar-refractivity contribution < 1.29 is 23.1 Å². The van der Waals surface area contributed by atoms with E-state index in [9.17, 15) is 18.0 Å². The van der Waals surface area contributed by atoms with E-state index in [1.807, 2.05) is 0 Å². The van der Waals surface area contributed by atoms with Crippen molar-refractivity contribution in [3.8, 4) is 0 Å². The molecule has 0 bridgehead atoms. The van der Waals surface area contributed by atoms with Crippen molar-refractivity contribution in [1.29, 1.82) is 0 Å². The number of hydrogen-bond donors (Lipinski definition) is 4. The molecule has 1 aromatic carbocycles. The quantitative estimate of drug-likeness (QED) is 0.603. The number of carboxylic acids is 1. The highest BCUT2D eigenvalue weighted by atomic mass is 32.2. The summed E-state index contributed by atoms with van der Waals surface area (Å²) in [6, 6.07) is 3.73. The zero-order chi connectivity index (χ0) is 16.0. The normalized spacial score (nSPS) is 11.0. The summed E-state index contributed by atoms with van der Waals surface area (Å²) in [5, 5.41) is 13.8. The highest BCUT2D eigenvalue weighted by Crippen LogP contribution is 2.16. The van der Waals surface area contributed by atoms with E-state index in [1.54, 1.807) is 13.0 Å². The Hall–Kier alpha value is -2.13. The number of aryl methyl sites for hydroxylation is 1. The first-order valence-electron chi connectivity index (χ1n) is 6.05. The van der Waals surface area contributed by atoms with Gasteiger partial charge in [0.1, 0.15) is 0 Å². The van der Waals surface area contributed by atoms with Crippen molar-refractivity contribution in [2.75, 3.05) is 24.7 Å². The molecule has 4 N–H and O–H groups in total. The summed E-state index contributed by atoms with van der Waals surface area (Å²) in [5.74, 6) is -1.34. The van der Waals surface area contributed by atoms with Crippen LogP contribution < -0.4 is 15.4 Å². The summed E-state index contributed by atoms with van der Waals surface area (Å²) in [5.41, 5.74) is 1.09. The zero-order valence-corrected chi connectivity index (χ0v) is 12.5. The Kier molecular flexibility index (Phi) is 5.68. The van der Waals surface area contributed by atoms with E-state index in [-0.39, 0.29) is 17.9 Å². The van der Waals surface area contributed by atoms with Crippen LogP contribution >= 0.6 is 0 Å². The smallest absolute Gasteiger partial charge is 0.335 e. The topological polar surface area (TPSA) is 125 Å². The largest absolute Gasteiger partial charge is 0.478 e. The molecule has 0 aliphatic heterocycles. The molecular formula is C12H17N3O5S. The maximum absolute atomic E-state index is 11.6. The van der Waals surface area contributed by atoms with Crippen molar-refractivity contribution in [1.82, 2.24) is 10.0 Å². The van der Waals surface area contributed by atoms with Gasteiger partial charge in [0.05, 0.1) is 11.3 Å². The summed E-state index contributed by atoms with van der Waals surface area (Å²) in [6.07, 6.45) is 0. The minimum atomic E-state index is -3.38. The summed E-state index contributed by atoms with van der Waals surface area (Å²) >= 11 is 0. The highest BCUT2D eigenvalue weighted by molar-refractivity contribution is 7.89. The highest BCUT2D eigenvalue weighted by Gasteiger charge is 2.10. The summed E-state index contributed by atoms with van der Waals surface area (Å²) in [7, 11) is -2.10. The lowest BCUT2D eigenvalue weighted by Crippen LogP contribution is -2.35. The number of sulfonamides is 1. The van der Waals surface area contributed by atoms with E-state index in [4.69, 9.17) is 5.11 Å². The van der Waals surface area contributed by atoms with Gasteiger partial charge in [0, 0.05) is 12.2 Å². The third-order valence-corrected chi connectivity index (χ3v) is 4.06. The number of hydrogen-bond acceptors (Lipinski definition) is 4. The molecule has 8 nitrogen and oxygen atoms in total. The molecule has 0 heterocycles. The van der Waals surface area contributed by atoms with E-state index in [2.05, 4.69) is 15.4 Å². The molecule has 0 radical (unpaired) electrons. The van der Waals surface area contributed by atoms with E-state index < -0.39 is 22.0 Å². The molecule has 0 saturated heterocycles. The molecular weight excluding hydrogens is 298 g/mol. The number of aromatic carboxylic acids is 1. The lowest BCUT2D eigenvalue weighted by atomic mass is 10.1. The average molecular weight is 315 g/mol. The summed E-state index contributed by atoms with van der Waals surface area (Å²) in [6.45, 7) is 1.65. The molecule has 0 aromatic heterocycles. The maximum Gasteiger partial charge on any atom is 0.335 e. The second-order valence-corrected chi connectivity index (χ2v) is 6.28. The number of anilines is 1. The van der Waals surface area contributed by atoms with Crippen molar-refractivity contribution in [3.63, 3.8) is 0 Å². The number of urea groups is 1. The number of carboxylic acid groups (broad SMARTS) is 1. The van der Waals surface area contributed by atoms with E-state index >= 15 is 0 Å². The SMILES string of the molecule is CNS(=O)(=O)CCNC(=O)Nc1cc(C(=O)O)ccc1C. The van der Waals surface area contributed by atoms with Gasteiger partial charge >= 0.3 is 12.0 Å². The first-order valence-corrected chi connectivity index (χ1v) is 7.70. The van der Waals surface area contributed by atoms with Crippen LogP contribution in [-0.4, -0.2) is 44.9 Å². The fourth-order valence-electron chi connectivity index (χ4n) is 1.46. The number of amides is 2. The molecule has 0 spiro atoms. The molecule has 1 rings (SSSR count). The Bertz CT molecular complexity index is 642. The molecule has 116 valence electrons. The lowest BCUT2D eigenvalue weighted by Gasteiger charge is -2.10. The molecule has 2 amide bonds. The fraction of sp³-hybridized carbons (Fsp3) is 0.333. The van der Waals surface area contributed by atoms with Crippen molar-refractivity contribution >= 4 is 27.7 Å². The molecule has 1 aromatic rings. The third-order valence-electron chi connectivity index (χ3n) is 2.70. The third kappa shape index (κ3) is 5.40. The Morgan fingerprint density at radius 2 is 1.95 bits per heavy atom. The molecule has 0 aliphatic carbocycles. The fourth-order valence-corrected chi connectivity index (χ4v) is 2.03. The van der Waals surface area contributed by atoms with Crippen molar-refractivity contribution in [2.45, 2.75) is 6.92 Å². The number of carbonyl (C=O) groups is 2. The molecule has 0 unspecified atom stereocenters. The van der Waals surface area contributed by atoms with Crippen LogP contribution in [-0.2, 0) is 10.0 Å².